The van der Waals surface area contributed by atoms with Gasteiger partial charge in [0.05, 0.1) is 12.0 Å². The predicted molar refractivity (Wildman–Crippen MR) is 70.3 cm³/mol. The molecule has 6 nitrogen and oxygen atoms in total. The maximum Gasteiger partial charge on any atom is 0.296 e. The van der Waals surface area contributed by atoms with Crippen LogP contribution in [0.15, 0.2) is 30.9 Å². The maximum absolute atomic E-state index is 12.0. The van der Waals surface area contributed by atoms with Crippen LogP contribution >= 0.6 is 0 Å². The lowest BCUT2D eigenvalue weighted by atomic mass is 10.1. The zero-order valence-electron chi connectivity index (χ0n) is 10.5. The van der Waals surface area contributed by atoms with Crippen molar-refractivity contribution in [3.63, 3.8) is 0 Å². The molecule has 6 heteroatoms. The summed E-state index contributed by atoms with van der Waals surface area (Å²) in [6.07, 6.45) is 2.01. The summed E-state index contributed by atoms with van der Waals surface area (Å²) in [4.78, 5) is 24.0. The number of para-hydroxylation sites is 1. The Bertz CT molecular complexity index is 541. The molecule has 0 spiro atoms. The molecule has 1 unspecified atom stereocenters. The molecule has 2 rings (SSSR count). The zero-order valence-corrected chi connectivity index (χ0v) is 10.5. The molecule has 1 aromatic carbocycles. The Morgan fingerprint density at radius 1 is 1.58 bits per heavy atom. The van der Waals surface area contributed by atoms with Crippen LogP contribution in [0.3, 0.4) is 0 Å². The van der Waals surface area contributed by atoms with Crippen LogP contribution in [-0.2, 0) is 4.79 Å². The van der Waals surface area contributed by atoms with Gasteiger partial charge in [-0.2, -0.15) is 0 Å². The monoisotopic (exact) mass is 262 g/mol. The minimum atomic E-state index is -0.508. The number of ether oxygens (including phenoxy) is 1. The number of anilines is 1. The lowest BCUT2D eigenvalue weighted by Crippen LogP contribution is -2.25. The van der Waals surface area contributed by atoms with E-state index in [1.54, 1.807) is 12.1 Å². The summed E-state index contributed by atoms with van der Waals surface area (Å²) >= 11 is 0. The average Bonchev–Trinajstić information content (AvgIpc) is 2.78. The van der Waals surface area contributed by atoms with Gasteiger partial charge in [0.2, 0.25) is 5.91 Å². The van der Waals surface area contributed by atoms with E-state index in [1.165, 1.54) is 24.1 Å². The predicted octanol–water partition coefficient (Wildman–Crippen LogP) is 2.14. The highest BCUT2D eigenvalue weighted by molar-refractivity contribution is 5.99. The van der Waals surface area contributed by atoms with Gasteiger partial charge >= 0.3 is 0 Å². The fourth-order valence-corrected chi connectivity index (χ4v) is 2.20. The second kappa shape index (κ2) is 5.09. The molecule has 0 bridgehead atoms. The Balaban J connectivity index is 2.51. The van der Waals surface area contributed by atoms with Crippen LogP contribution in [0.25, 0.3) is 0 Å². The van der Waals surface area contributed by atoms with E-state index in [0.29, 0.717) is 18.7 Å². The van der Waals surface area contributed by atoms with Gasteiger partial charge in [-0.05, 0) is 6.07 Å². The van der Waals surface area contributed by atoms with Crippen LogP contribution in [-0.4, -0.2) is 24.5 Å². The molecule has 0 aliphatic carbocycles. The molecule has 1 fully saturated rings. The summed E-state index contributed by atoms with van der Waals surface area (Å²) in [5.41, 5.74) is 0.0989. The molecule has 1 aromatic rings. The topological polar surface area (TPSA) is 72.7 Å². The molecule has 0 aromatic heterocycles. The van der Waals surface area contributed by atoms with Gasteiger partial charge in [-0.15, -0.1) is 6.58 Å². The highest BCUT2D eigenvalue weighted by Gasteiger charge is 2.35. The second-order valence-electron chi connectivity index (χ2n) is 4.29. The Labute approximate surface area is 110 Å². The molecule has 0 radical (unpaired) electrons. The molecule has 0 saturated carbocycles. The molecule has 1 aliphatic rings. The molecule has 1 amide bonds. The second-order valence-corrected chi connectivity index (χ2v) is 4.29. The van der Waals surface area contributed by atoms with Crippen LogP contribution < -0.4 is 9.64 Å². The smallest absolute Gasteiger partial charge is 0.296 e. The van der Waals surface area contributed by atoms with Crippen molar-refractivity contribution >= 4 is 17.3 Å². The molecule has 100 valence electrons. The van der Waals surface area contributed by atoms with Gasteiger partial charge in [-0.1, -0.05) is 12.1 Å². The normalized spacial score (nSPS) is 18.5. The van der Waals surface area contributed by atoms with Gasteiger partial charge in [0.15, 0.2) is 5.69 Å². The van der Waals surface area contributed by atoms with Gasteiger partial charge in [0, 0.05) is 24.9 Å². The van der Waals surface area contributed by atoms with Gasteiger partial charge in [-0.25, -0.2) is 0 Å². The maximum atomic E-state index is 12.0. The van der Waals surface area contributed by atoms with Crippen LogP contribution in [0.1, 0.15) is 6.42 Å². The Morgan fingerprint density at radius 2 is 2.32 bits per heavy atom. The van der Waals surface area contributed by atoms with Crippen LogP contribution in [0, 0.1) is 16.0 Å². The molecule has 1 atom stereocenters. The number of hydrogen-bond acceptors (Lipinski definition) is 4. The largest absolute Gasteiger partial charge is 0.494 e. The fraction of sp³-hybridized carbons (Fsp3) is 0.308. The van der Waals surface area contributed by atoms with Gasteiger partial charge in [-0.3, -0.25) is 14.9 Å². The fourth-order valence-electron chi connectivity index (χ4n) is 2.20. The molecule has 0 N–H and O–H groups in total. The first-order chi connectivity index (χ1) is 9.08. The van der Waals surface area contributed by atoms with Crippen molar-refractivity contribution in [3.8, 4) is 5.75 Å². The molecular formula is C13H14N2O4. The average molecular weight is 262 g/mol. The van der Waals surface area contributed by atoms with E-state index in [1.807, 2.05) is 0 Å². The van der Waals surface area contributed by atoms with E-state index in [-0.39, 0.29) is 23.2 Å². The first-order valence-electron chi connectivity index (χ1n) is 5.82. The van der Waals surface area contributed by atoms with Crippen LogP contribution in [0.4, 0.5) is 11.4 Å². The van der Waals surface area contributed by atoms with Crippen molar-refractivity contribution < 1.29 is 14.5 Å². The number of rotatable bonds is 4. The molecule has 1 saturated heterocycles. The first-order valence-corrected chi connectivity index (χ1v) is 5.82. The van der Waals surface area contributed by atoms with E-state index in [2.05, 4.69) is 6.58 Å². The summed E-state index contributed by atoms with van der Waals surface area (Å²) in [6.45, 7) is 4.05. The molecule has 19 heavy (non-hydrogen) atoms. The van der Waals surface area contributed by atoms with Crippen molar-refractivity contribution in [1.29, 1.82) is 0 Å². The van der Waals surface area contributed by atoms with Crippen molar-refractivity contribution in [2.75, 3.05) is 18.6 Å². The minimum absolute atomic E-state index is 0.0111. The lowest BCUT2D eigenvalue weighted by molar-refractivity contribution is -0.384. The van der Waals surface area contributed by atoms with E-state index < -0.39 is 4.92 Å². The first kappa shape index (κ1) is 13.1. The van der Waals surface area contributed by atoms with Crippen LogP contribution in [0.2, 0.25) is 0 Å². The van der Waals surface area contributed by atoms with Gasteiger partial charge in [0.25, 0.3) is 5.69 Å². The van der Waals surface area contributed by atoms with Crippen LogP contribution in [0.5, 0.6) is 5.75 Å². The third kappa shape index (κ3) is 2.29. The molecule has 1 heterocycles. The molecular weight excluding hydrogens is 248 g/mol. The van der Waals surface area contributed by atoms with Gasteiger partial charge in [0.1, 0.15) is 5.75 Å². The van der Waals surface area contributed by atoms with E-state index in [4.69, 9.17) is 4.74 Å². The summed E-state index contributed by atoms with van der Waals surface area (Å²) < 4.78 is 5.14. The number of benzene rings is 1. The third-order valence-electron chi connectivity index (χ3n) is 3.15. The SMILES string of the molecule is C=CC1CC(=O)N(c2c(OC)cccc2[N+](=O)[O-])C1. The Hall–Kier alpha value is -2.37. The van der Waals surface area contributed by atoms with E-state index in [0.717, 1.165) is 0 Å². The number of nitrogens with zero attached hydrogens (tertiary/aromatic N) is 2. The summed E-state index contributed by atoms with van der Waals surface area (Å²) in [7, 11) is 1.42. The van der Waals surface area contributed by atoms with E-state index in [9.17, 15) is 14.9 Å². The number of carbonyl (C=O) groups excluding carboxylic acids is 1. The van der Waals surface area contributed by atoms with Crippen molar-refractivity contribution in [3.05, 3.63) is 41.0 Å². The number of methoxy groups -OCH3 is 1. The highest BCUT2D eigenvalue weighted by atomic mass is 16.6. The van der Waals surface area contributed by atoms with Crippen molar-refractivity contribution in [2.45, 2.75) is 6.42 Å². The zero-order chi connectivity index (χ0) is 14.0. The number of hydrogen-bond donors (Lipinski definition) is 0. The quantitative estimate of drug-likeness (QED) is 0.473. The lowest BCUT2D eigenvalue weighted by Gasteiger charge is -2.18. The van der Waals surface area contributed by atoms with E-state index >= 15 is 0 Å². The minimum Gasteiger partial charge on any atom is -0.494 e. The Kier molecular flexibility index (Phi) is 3.50. The number of amides is 1. The third-order valence-corrected chi connectivity index (χ3v) is 3.15. The van der Waals surface area contributed by atoms with Crippen molar-refractivity contribution in [2.24, 2.45) is 5.92 Å². The summed E-state index contributed by atoms with van der Waals surface area (Å²) in [5.74, 6) is 0.182. The molecule has 1 aliphatic heterocycles. The Morgan fingerprint density at radius 3 is 2.84 bits per heavy atom. The van der Waals surface area contributed by atoms with Gasteiger partial charge < -0.3 is 9.64 Å². The number of nitro benzene ring substituents is 1. The standard InChI is InChI=1S/C13H14N2O4/c1-3-9-7-12(16)14(8-9)13-10(15(17)18)5-4-6-11(13)19-2/h3-6,9H,1,7-8H2,2H3. The number of nitro groups is 1. The number of carbonyl (C=O) groups is 1. The summed E-state index contributed by atoms with van der Waals surface area (Å²) in [5, 5.41) is 11.1. The summed E-state index contributed by atoms with van der Waals surface area (Å²) in [6, 6.07) is 4.51. The highest BCUT2D eigenvalue weighted by Crippen LogP contribution is 2.40. The van der Waals surface area contributed by atoms with Crippen molar-refractivity contribution in [1.82, 2.24) is 0 Å².